The summed E-state index contributed by atoms with van der Waals surface area (Å²) in [6.07, 6.45) is 0.988. The van der Waals surface area contributed by atoms with Gasteiger partial charge in [-0.1, -0.05) is 12.1 Å². The van der Waals surface area contributed by atoms with Crippen LogP contribution in [-0.2, 0) is 17.8 Å². The summed E-state index contributed by atoms with van der Waals surface area (Å²) in [5, 5.41) is 5.60. The predicted molar refractivity (Wildman–Crippen MR) is 95.3 cm³/mol. The average molecular weight is 389 g/mol. The molecule has 1 aliphatic rings. The fraction of sp³-hybridized carbons (Fsp3) is 0.222. The number of aryl methyl sites for hydroxylation is 1. The zero-order chi connectivity index (χ0) is 17.1. The molecule has 5 nitrogen and oxygen atoms in total. The quantitative estimate of drug-likeness (QED) is 0.825. The smallest absolute Gasteiger partial charge is 0.251 e. The number of carbonyl (C=O) groups excluding carboxylic acids is 2. The van der Waals surface area contributed by atoms with Crippen LogP contribution in [0.25, 0.3) is 0 Å². The number of carbonyl (C=O) groups is 2. The minimum atomic E-state index is -0.0933. The number of ether oxygens (including phenoxy) is 1. The van der Waals surface area contributed by atoms with Gasteiger partial charge in [-0.15, -0.1) is 0 Å². The minimum Gasteiger partial charge on any atom is -0.496 e. The van der Waals surface area contributed by atoms with Crippen molar-refractivity contribution >= 4 is 33.4 Å². The van der Waals surface area contributed by atoms with Crippen molar-refractivity contribution in [2.75, 3.05) is 12.4 Å². The summed E-state index contributed by atoms with van der Waals surface area (Å²) in [4.78, 5) is 23.8. The van der Waals surface area contributed by atoms with Gasteiger partial charge in [0.25, 0.3) is 5.91 Å². The minimum absolute atomic E-state index is 0.0831. The van der Waals surface area contributed by atoms with Gasteiger partial charge < -0.3 is 15.4 Å². The zero-order valence-electron chi connectivity index (χ0n) is 13.2. The van der Waals surface area contributed by atoms with Crippen molar-refractivity contribution in [2.45, 2.75) is 19.4 Å². The van der Waals surface area contributed by atoms with E-state index in [1.807, 2.05) is 30.3 Å². The Labute approximate surface area is 148 Å². The molecule has 124 valence electrons. The van der Waals surface area contributed by atoms with Gasteiger partial charge in [0.1, 0.15) is 5.75 Å². The highest BCUT2D eigenvalue weighted by molar-refractivity contribution is 9.10. The standard InChI is InChI=1S/C18H17BrN2O3/c1-24-16-6-2-11(8-15(16)19)3-7-17(22)21-13-5-4-12-10-20-18(23)14(12)9-13/h2,4-6,8-9H,3,7,10H2,1H3,(H,20,23)(H,21,22). The highest BCUT2D eigenvalue weighted by Crippen LogP contribution is 2.26. The van der Waals surface area contributed by atoms with Crippen molar-refractivity contribution in [3.63, 3.8) is 0 Å². The maximum atomic E-state index is 12.1. The van der Waals surface area contributed by atoms with Gasteiger partial charge in [0.2, 0.25) is 5.91 Å². The van der Waals surface area contributed by atoms with E-state index in [0.717, 1.165) is 21.3 Å². The van der Waals surface area contributed by atoms with Crippen LogP contribution in [0.3, 0.4) is 0 Å². The van der Waals surface area contributed by atoms with Crippen LogP contribution in [0, 0.1) is 0 Å². The summed E-state index contributed by atoms with van der Waals surface area (Å²) in [6.45, 7) is 0.550. The molecule has 2 N–H and O–H groups in total. The van der Waals surface area contributed by atoms with E-state index >= 15 is 0 Å². The fourth-order valence-electron chi connectivity index (χ4n) is 2.64. The molecule has 3 rings (SSSR count). The predicted octanol–water partition coefficient (Wildman–Crippen LogP) is 3.27. The molecule has 0 fully saturated rings. The Kier molecular flexibility index (Phi) is 4.85. The Balaban J connectivity index is 1.59. The van der Waals surface area contributed by atoms with Crippen LogP contribution in [0.15, 0.2) is 40.9 Å². The number of hydrogen-bond acceptors (Lipinski definition) is 3. The largest absolute Gasteiger partial charge is 0.496 e. The number of hydrogen-bond donors (Lipinski definition) is 2. The molecule has 6 heteroatoms. The summed E-state index contributed by atoms with van der Waals surface area (Å²) in [5.74, 6) is 0.587. The van der Waals surface area contributed by atoms with Gasteiger partial charge in [0, 0.05) is 24.2 Å². The van der Waals surface area contributed by atoms with Crippen LogP contribution in [0.5, 0.6) is 5.75 Å². The van der Waals surface area contributed by atoms with Gasteiger partial charge >= 0.3 is 0 Å². The van der Waals surface area contributed by atoms with E-state index in [1.165, 1.54) is 0 Å². The van der Waals surface area contributed by atoms with Crippen molar-refractivity contribution in [1.29, 1.82) is 0 Å². The highest BCUT2D eigenvalue weighted by atomic mass is 79.9. The Morgan fingerprint density at radius 3 is 2.88 bits per heavy atom. The van der Waals surface area contributed by atoms with Crippen LogP contribution < -0.4 is 15.4 Å². The molecule has 2 aromatic rings. The number of amides is 2. The molecular formula is C18H17BrN2O3. The number of methoxy groups -OCH3 is 1. The molecule has 0 spiro atoms. The second-order valence-electron chi connectivity index (χ2n) is 5.57. The third-order valence-corrected chi connectivity index (χ3v) is 4.55. The molecule has 0 saturated carbocycles. The SMILES string of the molecule is COc1ccc(CCC(=O)Nc2ccc3c(c2)C(=O)NC3)cc1Br. The van der Waals surface area contributed by atoms with E-state index < -0.39 is 0 Å². The average Bonchev–Trinajstić information content (AvgIpc) is 2.94. The first-order valence-electron chi connectivity index (χ1n) is 7.60. The molecule has 0 unspecified atom stereocenters. The lowest BCUT2D eigenvalue weighted by Gasteiger charge is -2.08. The van der Waals surface area contributed by atoms with E-state index in [-0.39, 0.29) is 11.8 Å². The molecule has 2 amide bonds. The lowest BCUT2D eigenvalue weighted by Crippen LogP contribution is -2.14. The van der Waals surface area contributed by atoms with E-state index in [9.17, 15) is 9.59 Å². The third-order valence-electron chi connectivity index (χ3n) is 3.93. The van der Waals surface area contributed by atoms with E-state index in [2.05, 4.69) is 26.6 Å². The summed E-state index contributed by atoms with van der Waals surface area (Å²) in [6, 6.07) is 11.2. The number of rotatable bonds is 5. The maximum Gasteiger partial charge on any atom is 0.251 e. The lowest BCUT2D eigenvalue weighted by molar-refractivity contribution is -0.116. The first kappa shape index (κ1) is 16.5. The summed E-state index contributed by atoms with van der Waals surface area (Å²) in [7, 11) is 1.62. The highest BCUT2D eigenvalue weighted by Gasteiger charge is 2.19. The number of fused-ring (bicyclic) bond motifs is 1. The molecular weight excluding hydrogens is 372 g/mol. The van der Waals surface area contributed by atoms with Gasteiger partial charge in [0.15, 0.2) is 0 Å². The molecule has 0 aromatic heterocycles. The van der Waals surface area contributed by atoms with E-state index in [1.54, 1.807) is 13.2 Å². The molecule has 1 heterocycles. The van der Waals surface area contributed by atoms with Crippen molar-refractivity contribution in [3.8, 4) is 5.75 Å². The molecule has 24 heavy (non-hydrogen) atoms. The summed E-state index contributed by atoms with van der Waals surface area (Å²) >= 11 is 3.44. The second kappa shape index (κ2) is 7.05. The van der Waals surface area contributed by atoms with E-state index in [4.69, 9.17) is 4.74 Å². The van der Waals surface area contributed by atoms with Crippen LogP contribution in [0.4, 0.5) is 5.69 Å². The monoisotopic (exact) mass is 388 g/mol. The lowest BCUT2D eigenvalue weighted by atomic mass is 10.1. The summed E-state index contributed by atoms with van der Waals surface area (Å²) in [5.41, 5.74) is 3.28. The van der Waals surface area contributed by atoms with Crippen LogP contribution in [0.1, 0.15) is 27.9 Å². The van der Waals surface area contributed by atoms with Gasteiger partial charge in [-0.05, 0) is 57.7 Å². The Bertz CT molecular complexity index is 805. The van der Waals surface area contributed by atoms with Gasteiger partial charge in [-0.3, -0.25) is 9.59 Å². The number of nitrogens with one attached hydrogen (secondary N) is 2. The molecule has 2 aromatic carbocycles. The Morgan fingerprint density at radius 1 is 1.29 bits per heavy atom. The van der Waals surface area contributed by atoms with Gasteiger partial charge in [0.05, 0.1) is 11.6 Å². The summed E-state index contributed by atoms with van der Waals surface area (Å²) < 4.78 is 6.06. The van der Waals surface area contributed by atoms with Crippen molar-refractivity contribution < 1.29 is 14.3 Å². The zero-order valence-corrected chi connectivity index (χ0v) is 14.8. The van der Waals surface area contributed by atoms with Crippen molar-refractivity contribution in [3.05, 3.63) is 57.6 Å². The molecule has 0 atom stereocenters. The molecule has 0 aliphatic carbocycles. The van der Waals surface area contributed by atoms with Gasteiger partial charge in [-0.25, -0.2) is 0 Å². The van der Waals surface area contributed by atoms with Crippen molar-refractivity contribution in [2.24, 2.45) is 0 Å². The number of halogens is 1. The first-order valence-corrected chi connectivity index (χ1v) is 8.39. The topological polar surface area (TPSA) is 67.4 Å². The molecule has 1 aliphatic heterocycles. The Hall–Kier alpha value is -2.34. The van der Waals surface area contributed by atoms with Crippen molar-refractivity contribution in [1.82, 2.24) is 5.32 Å². The number of benzene rings is 2. The third kappa shape index (κ3) is 3.59. The first-order chi connectivity index (χ1) is 11.6. The van der Waals surface area contributed by atoms with E-state index in [0.29, 0.717) is 30.6 Å². The molecule has 0 saturated heterocycles. The number of anilines is 1. The van der Waals surface area contributed by atoms with Crippen LogP contribution >= 0.6 is 15.9 Å². The van der Waals surface area contributed by atoms with Crippen LogP contribution in [0.2, 0.25) is 0 Å². The normalized spacial score (nSPS) is 12.5. The Morgan fingerprint density at radius 2 is 2.12 bits per heavy atom. The maximum absolute atomic E-state index is 12.1. The second-order valence-corrected chi connectivity index (χ2v) is 6.43. The van der Waals surface area contributed by atoms with Gasteiger partial charge in [-0.2, -0.15) is 0 Å². The molecule has 0 bridgehead atoms. The van der Waals surface area contributed by atoms with Crippen LogP contribution in [-0.4, -0.2) is 18.9 Å². The fourth-order valence-corrected chi connectivity index (χ4v) is 3.23. The molecule has 0 radical (unpaired) electrons.